The van der Waals surface area contributed by atoms with Gasteiger partial charge in [0, 0.05) is 29.1 Å². The molecule has 1 spiro atoms. The first-order valence-corrected chi connectivity index (χ1v) is 12.7. The Hall–Kier alpha value is -2.39. The number of carbonyl (C=O) groups excluding carboxylic acids is 1. The number of benzene rings is 2. The number of hydrogen-bond acceptors (Lipinski definition) is 2. The molecule has 2 aliphatic carbocycles. The molecular formula is C30H38N2O. The van der Waals surface area contributed by atoms with Crippen LogP contribution in [0.1, 0.15) is 86.3 Å². The van der Waals surface area contributed by atoms with Crippen molar-refractivity contribution in [3.63, 3.8) is 0 Å². The third kappa shape index (κ3) is 4.28. The molecule has 33 heavy (non-hydrogen) atoms. The first-order valence-electron chi connectivity index (χ1n) is 12.7. The van der Waals surface area contributed by atoms with Gasteiger partial charge in [0.25, 0.3) is 5.91 Å². The predicted molar refractivity (Wildman–Crippen MR) is 137 cm³/mol. The monoisotopic (exact) mass is 442 g/mol. The van der Waals surface area contributed by atoms with Gasteiger partial charge in [0.05, 0.1) is 0 Å². The molecule has 3 nitrogen and oxygen atoms in total. The molecule has 0 radical (unpaired) electrons. The maximum Gasteiger partial charge on any atom is 0.251 e. The Balaban J connectivity index is 1.21. The molecule has 2 aromatic carbocycles. The van der Waals surface area contributed by atoms with Crippen LogP contribution in [0.4, 0.5) is 0 Å². The summed E-state index contributed by atoms with van der Waals surface area (Å²) in [7, 11) is 0. The highest BCUT2D eigenvalue weighted by atomic mass is 16.1. The van der Waals surface area contributed by atoms with Gasteiger partial charge in [0.2, 0.25) is 0 Å². The summed E-state index contributed by atoms with van der Waals surface area (Å²) in [6.45, 7) is 10.9. The third-order valence-corrected chi connectivity index (χ3v) is 8.28. The van der Waals surface area contributed by atoms with Crippen LogP contribution in [-0.4, -0.2) is 35.5 Å². The Morgan fingerprint density at radius 1 is 1.06 bits per heavy atom. The van der Waals surface area contributed by atoms with E-state index >= 15 is 0 Å². The maximum atomic E-state index is 12.4. The van der Waals surface area contributed by atoms with Gasteiger partial charge >= 0.3 is 0 Å². The third-order valence-electron chi connectivity index (χ3n) is 8.28. The number of piperidine rings is 1. The highest BCUT2D eigenvalue weighted by Gasteiger charge is 2.45. The molecule has 4 atom stereocenters. The lowest BCUT2D eigenvalue weighted by Crippen LogP contribution is -2.50. The molecule has 1 heterocycles. The van der Waals surface area contributed by atoms with Crippen molar-refractivity contribution < 1.29 is 4.79 Å². The van der Waals surface area contributed by atoms with Crippen LogP contribution in [0, 0.1) is 5.92 Å². The van der Waals surface area contributed by atoms with E-state index in [4.69, 9.17) is 0 Å². The van der Waals surface area contributed by atoms with E-state index in [2.05, 4.69) is 65.7 Å². The molecule has 0 bridgehead atoms. The van der Waals surface area contributed by atoms with Gasteiger partial charge < -0.3 is 10.2 Å². The minimum Gasteiger partial charge on any atom is -0.347 e. The van der Waals surface area contributed by atoms with Crippen molar-refractivity contribution in [3.05, 3.63) is 76.9 Å². The summed E-state index contributed by atoms with van der Waals surface area (Å²) in [4.78, 5) is 15.2. The van der Waals surface area contributed by atoms with Crippen molar-refractivity contribution in [1.82, 2.24) is 10.2 Å². The second-order valence-corrected chi connectivity index (χ2v) is 11.6. The molecule has 3 heteroatoms. The summed E-state index contributed by atoms with van der Waals surface area (Å²) in [5, 5.41) is 3.06. The molecule has 1 saturated heterocycles. The number of allylic oxidation sites excluding steroid dienone is 1. The summed E-state index contributed by atoms with van der Waals surface area (Å²) in [5.74, 6) is 1.25. The van der Waals surface area contributed by atoms with Crippen LogP contribution in [0.25, 0.3) is 6.08 Å². The van der Waals surface area contributed by atoms with Crippen LogP contribution in [-0.2, 0) is 5.41 Å². The fourth-order valence-electron chi connectivity index (χ4n) is 6.47. The number of fused-ring (bicyclic) bond motifs is 2. The van der Waals surface area contributed by atoms with E-state index in [0.29, 0.717) is 17.9 Å². The highest BCUT2D eigenvalue weighted by molar-refractivity contribution is 5.94. The van der Waals surface area contributed by atoms with E-state index in [1.165, 1.54) is 55.5 Å². The van der Waals surface area contributed by atoms with Crippen LogP contribution in [0.3, 0.4) is 0 Å². The Kier molecular flexibility index (Phi) is 5.73. The van der Waals surface area contributed by atoms with Crippen molar-refractivity contribution in [3.8, 4) is 0 Å². The van der Waals surface area contributed by atoms with E-state index in [9.17, 15) is 4.79 Å². The molecular weight excluding hydrogens is 404 g/mol. The van der Waals surface area contributed by atoms with Crippen molar-refractivity contribution in [2.24, 2.45) is 5.92 Å². The van der Waals surface area contributed by atoms with Crippen LogP contribution >= 0.6 is 0 Å². The number of amides is 1. The Labute approximate surface area is 199 Å². The predicted octanol–water partition coefficient (Wildman–Crippen LogP) is 6.16. The van der Waals surface area contributed by atoms with E-state index in [1.54, 1.807) is 0 Å². The molecule has 0 aromatic heterocycles. The number of rotatable bonds is 3. The first-order chi connectivity index (χ1) is 15.7. The van der Waals surface area contributed by atoms with Gasteiger partial charge in [-0.25, -0.2) is 0 Å². The summed E-state index contributed by atoms with van der Waals surface area (Å²) in [6.07, 6.45) is 9.83. The maximum absolute atomic E-state index is 12.4. The largest absolute Gasteiger partial charge is 0.347 e. The lowest BCUT2D eigenvalue weighted by atomic mass is 9.68. The van der Waals surface area contributed by atoms with Gasteiger partial charge in [-0.1, -0.05) is 55.5 Å². The molecule has 1 saturated carbocycles. The Morgan fingerprint density at radius 2 is 1.82 bits per heavy atom. The van der Waals surface area contributed by atoms with Crippen LogP contribution in [0.15, 0.2) is 54.6 Å². The average Bonchev–Trinajstić information content (AvgIpc) is 3.41. The summed E-state index contributed by atoms with van der Waals surface area (Å²) in [5.41, 5.74) is 5.11. The SMILES string of the molecule is CC1CN(C2CCC(c3ccc(C(=O)NC(C)(C)C)cc3)C2)CCC12C=Cc1ccccc12. The quantitative estimate of drug-likeness (QED) is 0.618. The van der Waals surface area contributed by atoms with E-state index in [1.807, 2.05) is 32.9 Å². The molecule has 1 aliphatic heterocycles. The molecule has 5 rings (SSSR count). The molecule has 2 fully saturated rings. The van der Waals surface area contributed by atoms with Gasteiger partial charge in [-0.2, -0.15) is 0 Å². The van der Waals surface area contributed by atoms with Crippen molar-refractivity contribution >= 4 is 12.0 Å². The summed E-state index contributed by atoms with van der Waals surface area (Å²) >= 11 is 0. The normalized spacial score (nSPS) is 29.4. The lowest BCUT2D eigenvalue weighted by molar-refractivity contribution is 0.0898. The topological polar surface area (TPSA) is 32.3 Å². The summed E-state index contributed by atoms with van der Waals surface area (Å²) < 4.78 is 0. The van der Waals surface area contributed by atoms with E-state index < -0.39 is 0 Å². The fraction of sp³-hybridized carbons (Fsp3) is 0.500. The highest BCUT2D eigenvalue weighted by Crippen LogP contribution is 2.48. The smallest absolute Gasteiger partial charge is 0.251 e. The number of hydrogen-bond donors (Lipinski definition) is 1. The number of carbonyl (C=O) groups is 1. The number of nitrogens with zero attached hydrogens (tertiary/aromatic N) is 1. The summed E-state index contributed by atoms with van der Waals surface area (Å²) in [6, 6.07) is 18.0. The van der Waals surface area contributed by atoms with Crippen LogP contribution in [0.2, 0.25) is 0 Å². The second kappa shape index (κ2) is 8.43. The van der Waals surface area contributed by atoms with Crippen LogP contribution < -0.4 is 5.32 Å². The van der Waals surface area contributed by atoms with Crippen molar-refractivity contribution in [1.29, 1.82) is 0 Å². The van der Waals surface area contributed by atoms with Crippen LogP contribution in [0.5, 0.6) is 0 Å². The van der Waals surface area contributed by atoms with E-state index in [0.717, 1.165) is 5.56 Å². The Bertz CT molecular complexity index is 1050. The second-order valence-electron chi connectivity index (χ2n) is 11.6. The zero-order valence-corrected chi connectivity index (χ0v) is 20.6. The average molecular weight is 443 g/mol. The molecule has 2 aromatic rings. The molecule has 3 aliphatic rings. The number of nitrogens with one attached hydrogen (secondary N) is 1. The molecule has 1 amide bonds. The van der Waals surface area contributed by atoms with E-state index in [-0.39, 0.29) is 16.9 Å². The van der Waals surface area contributed by atoms with Crippen molar-refractivity contribution in [2.45, 2.75) is 76.3 Å². The fourth-order valence-corrected chi connectivity index (χ4v) is 6.47. The molecule has 4 unspecified atom stereocenters. The van der Waals surface area contributed by atoms with Gasteiger partial charge in [-0.05, 0) is 93.7 Å². The molecule has 1 N–H and O–H groups in total. The van der Waals surface area contributed by atoms with Gasteiger partial charge in [-0.15, -0.1) is 0 Å². The molecule has 174 valence electrons. The number of likely N-dealkylation sites (tertiary alicyclic amines) is 1. The minimum absolute atomic E-state index is 0.0112. The van der Waals surface area contributed by atoms with Gasteiger partial charge in [0.15, 0.2) is 0 Å². The lowest BCUT2D eigenvalue weighted by Gasteiger charge is -2.46. The van der Waals surface area contributed by atoms with Gasteiger partial charge in [0.1, 0.15) is 0 Å². The van der Waals surface area contributed by atoms with Gasteiger partial charge in [-0.3, -0.25) is 4.79 Å². The minimum atomic E-state index is -0.213. The zero-order chi connectivity index (χ0) is 23.2. The Morgan fingerprint density at radius 3 is 2.55 bits per heavy atom. The first kappa shape index (κ1) is 22.4. The van der Waals surface area contributed by atoms with Crippen molar-refractivity contribution in [2.75, 3.05) is 13.1 Å². The standard InChI is InChI=1S/C30H38N2O/c1-21-20-32(18-17-30(21)16-15-23-7-5-6-8-27(23)30)26-14-13-25(19-26)22-9-11-24(12-10-22)28(33)31-29(2,3)4/h5-12,15-16,21,25-26H,13-14,17-20H2,1-4H3,(H,31,33). The zero-order valence-electron chi connectivity index (χ0n) is 20.6.